The van der Waals surface area contributed by atoms with Gasteiger partial charge in [0.2, 0.25) is 0 Å². The van der Waals surface area contributed by atoms with Crippen molar-refractivity contribution in [1.82, 2.24) is 4.98 Å². The molecule has 1 nitrogen and oxygen atoms in total. The van der Waals surface area contributed by atoms with E-state index in [1.54, 1.807) is 0 Å². The summed E-state index contributed by atoms with van der Waals surface area (Å²) in [6.07, 6.45) is 5.83. The predicted octanol–water partition coefficient (Wildman–Crippen LogP) is 4.46. The van der Waals surface area contributed by atoms with Gasteiger partial charge in [-0.25, -0.2) is 0 Å². The molecule has 0 saturated carbocycles. The van der Waals surface area contributed by atoms with Crippen LogP contribution in [0.15, 0.2) is 30.4 Å². The molecule has 0 N–H and O–H groups in total. The number of nitrogens with zero attached hydrogens (tertiary/aromatic N) is 1. The number of hydrogen-bond donors (Lipinski definition) is 0. The lowest BCUT2D eigenvalue weighted by Crippen LogP contribution is -2.07. The van der Waals surface area contributed by atoms with Crippen molar-refractivity contribution in [1.29, 1.82) is 0 Å². The molecule has 1 aliphatic rings. The molecule has 0 amide bonds. The second-order valence-electron chi connectivity index (χ2n) is 5.22. The van der Waals surface area contributed by atoms with Gasteiger partial charge >= 0.3 is 0 Å². The summed E-state index contributed by atoms with van der Waals surface area (Å²) in [5.41, 5.74) is 6.31. The zero-order valence-corrected chi connectivity index (χ0v) is 11.1. The average molecular weight is 227 g/mol. The van der Waals surface area contributed by atoms with E-state index in [2.05, 4.69) is 50.5 Å². The number of hydrogen-bond acceptors (Lipinski definition) is 1. The molecule has 0 bridgehead atoms. The maximum atomic E-state index is 4.64. The van der Waals surface area contributed by atoms with Gasteiger partial charge in [-0.05, 0) is 69.2 Å². The quantitative estimate of drug-likeness (QED) is 0.680. The van der Waals surface area contributed by atoms with E-state index in [1.165, 1.54) is 28.8 Å². The van der Waals surface area contributed by atoms with Crippen LogP contribution in [0.5, 0.6) is 0 Å². The second-order valence-corrected chi connectivity index (χ2v) is 5.22. The molecule has 1 unspecified atom stereocenters. The van der Waals surface area contributed by atoms with E-state index in [-0.39, 0.29) is 0 Å². The van der Waals surface area contributed by atoms with Gasteiger partial charge in [-0.1, -0.05) is 18.2 Å². The third-order valence-electron chi connectivity index (χ3n) is 3.53. The molecule has 1 atom stereocenters. The Balaban J connectivity index is 2.21. The number of pyridine rings is 1. The normalized spacial score (nSPS) is 19.9. The molecule has 0 aliphatic heterocycles. The molecule has 1 heteroatoms. The molecule has 1 aromatic heterocycles. The lowest BCUT2D eigenvalue weighted by Gasteiger charge is -2.22. The monoisotopic (exact) mass is 227 g/mol. The van der Waals surface area contributed by atoms with Gasteiger partial charge in [0, 0.05) is 5.69 Å². The fraction of sp³-hybridized carbons (Fsp3) is 0.438. The van der Waals surface area contributed by atoms with Crippen molar-refractivity contribution < 1.29 is 0 Å². The molecule has 0 radical (unpaired) electrons. The number of allylic oxidation sites excluding steroid dienone is 3. The van der Waals surface area contributed by atoms with Gasteiger partial charge in [-0.3, -0.25) is 4.98 Å². The van der Waals surface area contributed by atoms with E-state index in [9.17, 15) is 0 Å². The first-order valence-electron chi connectivity index (χ1n) is 6.36. The van der Waals surface area contributed by atoms with Crippen LogP contribution in [0.1, 0.15) is 43.1 Å². The lowest BCUT2D eigenvalue weighted by molar-refractivity contribution is 0.561. The summed E-state index contributed by atoms with van der Waals surface area (Å²) in [5.74, 6) is 0.671. The summed E-state index contributed by atoms with van der Waals surface area (Å²) in [4.78, 5) is 4.64. The van der Waals surface area contributed by atoms with Gasteiger partial charge < -0.3 is 0 Å². The van der Waals surface area contributed by atoms with Crippen molar-refractivity contribution in [3.05, 3.63) is 47.3 Å². The third-order valence-corrected chi connectivity index (χ3v) is 3.53. The van der Waals surface area contributed by atoms with Crippen LogP contribution in [0.4, 0.5) is 0 Å². The fourth-order valence-electron chi connectivity index (χ4n) is 2.52. The van der Waals surface area contributed by atoms with Crippen molar-refractivity contribution >= 4 is 5.57 Å². The first-order valence-corrected chi connectivity index (χ1v) is 6.36. The van der Waals surface area contributed by atoms with Crippen LogP contribution in [0.25, 0.3) is 5.57 Å². The van der Waals surface area contributed by atoms with Gasteiger partial charge in [0.15, 0.2) is 0 Å². The molecule has 0 aromatic carbocycles. The standard InChI is InChI=1S/C16H21N/c1-11(2)14-5-7-15(8-6-14)16-10-12(3)9-13(4)17-16/h7,9-10,14H,1,5-6,8H2,2-4H3. The topological polar surface area (TPSA) is 12.9 Å². The molecule has 0 saturated heterocycles. The van der Waals surface area contributed by atoms with Gasteiger partial charge in [0.05, 0.1) is 5.69 Å². The minimum Gasteiger partial charge on any atom is -0.253 e. The Morgan fingerprint density at radius 3 is 2.65 bits per heavy atom. The highest BCUT2D eigenvalue weighted by molar-refractivity contribution is 5.64. The van der Waals surface area contributed by atoms with E-state index in [4.69, 9.17) is 0 Å². The number of aromatic nitrogens is 1. The molecule has 2 rings (SSSR count). The number of rotatable bonds is 2. The van der Waals surface area contributed by atoms with Crippen LogP contribution >= 0.6 is 0 Å². The molecule has 90 valence electrons. The number of aryl methyl sites for hydroxylation is 2. The van der Waals surface area contributed by atoms with Crippen molar-refractivity contribution in [2.75, 3.05) is 0 Å². The molecular formula is C16H21N. The molecule has 0 spiro atoms. The predicted molar refractivity (Wildman–Crippen MR) is 73.8 cm³/mol. The Bertz CT molecular complexity index is 448. The van der Waals surface area contributed by atoms with Crippen molar-refractivity contribution in [3.8, 4) is 0 Å². The smallest absolute Gasteiger partial charge is 0.0664 e. The molecule has 17 heavy (non-hydrogen) atoms. The summed E-state index contributed by atoms with van der Waals surface area (Å²) in [6, 6.07) is 4.32. The zero-order chi connectivity index (χ0) is 12.4. The lowest BCUT2D eigenvalue weighted by atomic mass is 9.84. The minimum absolute atomic E-state index is 0.671. The summed E-state index contributed by atoms with van der Waals surface area (Å²) < 4.78 is 0. The summed E-state index contributed by atoms with van der Waals surface area (Å²) in [5, 5.41) is 0. The summed E-state index contributed by atoms with van der Waals surface area (Å²) in [6.45, 7) is 10.4. The van der Waals surface area contributed by atoms with Crippen LogP contribution in [0.2, 0.25) is 0 Å². The zero-order valence-electron chi connectivity index (χ0n) is 11.1. The molecular weight excluding hydrogens is 206 g/mol. The van der Waals surface area contributed by atoms with E-state index in [1.807, 2.05) is 0 Å². The molecule has 0 fully saturated rings. The highest BCUT2D eigenvalue weighted by Crippen LogP contribution is 2.32. The maximum absolute atomic E-state index is 4.64. The molecule has 1 aromatic rings. The highest BCUT2D eigenvalue weighted by Gasteiger charge is 2.16. The van der Waals surface area contributed by atoms with Crippen LogP contribution in [-0.4, -0.2) is 4.98 Å². The minimum atomic E-state index is 0.671. The Hall–Kier alpha value is -1.37. The SMILES string of the molecule is C=C(C)C1CC=C(c2cc(C)cc(C)n2)CC1. The van der Waals surface area contributed by atoms with E-state index in [0.29, 0.717) is 5.92 Å². The van der Waals surface area contributed by atoms with Crippen LogP contribution in [0.3, 0.4) is 0 Å². The first kappa shape index (κ1) is 12.1. The largest absolute Gasteiger partial charge is 0.253 e. The summed E-state index contributed by atoms with van der Waals surface area (Å²) >= 11 is 0. The Morgan fingerprint density at radius 2 is 2.12 bits per heavy atom. The second kappa shape index (κ2) is 4.87. The van der Waals surface area contributed by atoms with Gasteiger partial charge in [0.1, 0.15) is 0 Å². The van der Waals surface area contributed by atoms with Crippen molar-refractivity contribution in [2.24, 2.45) is 5.92 Å². The van der Waals surface area contributed by atoms with Gasteiger partial charge in [-0.15, -0.1) is 0 Å². The highest BCUT2D eigenvalue weighted by atomic mass is 14.7. The third kappa shape index (κ3) is 2.85. The Kier molecular flexibility index (Phi) is 3.46. The molecule has 1 aliphatic carbocycles. The van der Waals surface area contributed by atoms with Crippen LogP contribution < -0.4 is 0 Å². The fourth-order valence-corrected chi connectivity index (χ4v) is 2.52. The van der Waals surface area contributed by atoms with Gasteiger partial charge in [0.25, 0.3) is 0 Å². The van der Waals surface area contributed by atoms with E-state index >= 15 is 0 Å². The summed E-state index contributed by atoms with van der Waals surface area (Å²) in [7, 11) is 0. The average Bonchev–Trinajstić information content (AvgIpc) is 2.28. The van der Waals surface area contributed by atoms with Crippen molar-refractivity contribution in [3.63, 3.8) is 0 Å². The van der Waals surface area contributed by atoms with Gasteiger partial charge in [-0.2, -0.15) is 0 Å². The maximum Gasteiger partial charge on any atom is 0.0664 e. The van der Waals surface area contributed by atoms with Crippen LogP contribution in [-0.2, 0) is 0 Å². The van der Waals surface area contributed by atoms with Crippen molar-refractivity contribution in [2.45, 2.75) is 40.0 Å². The first-order chi connectivity index (χ1) is 8.06. The van der Waals surface area contributed by atoms with E-state index in [0.717, 1.165) is 18.5 Å². The Labute approximate surface area is 104 Å². The van der Waals surface area contributed by atoms with Crippen LogP contribution in [0, 0.1) is 19.8 Å². The van der Waals surface area contributed by atoms with E-state index < -0.39 is 0 Å². The molecule has 1 heterocycles. The Morgan fingerprint density at radius 1 is 1.35 bits per heavy atom.